The van der Waals surface area contributed by atoms with E-state index < -0.39 is 0 Å². The van der Waals surface area contributed by atoms with Crippen LogP contribution in [0, 0.1) is 113 Å². The van der Waals surface area contributed by atoms with Gasteiger partial charge in [0.2, 0.25) is 0 Å². The van der Waals surface area contributed by atoms with Crippen molar-refractivity contribution in [3.05, 3.63) is 238 Å². The van der Waals surface area contributed by atoms with Gasteiger partial charge in [-0.1, -0.05) is 48.5 Å². The quantitative estimate of drug-likeness (QED) is 0.146. The molecule has 12 heteroatoms. The number of hydrogen-bond donors (Lipinski definition) is 0. The van der Waals surface area contributed by atoms with Gasteiger partial charge in [-0.15, -0.1) is 0 Å². The first-order chi connectivity index (χ1) is 40.2. The second-order valence-corrected chi connectivity index (χ2v) is 19.2. The Morgan fingerprint density at radius 2 is 0.463 bits per heavy atom. The Balaban J connectivity index is 1.07. The first-order valence-electron chi connectivity index (χ1n) is 25.2. The highest BCUT2D eigenvalue weighted by atomic mass is 15.0. The van der Waals surface area contributed by atoms with E-state index in [9.17, 15) is 52.6 Å². The number of rotatable bonds is 7. The van der Waals surface area contributed by atoms with E-state index in [1.165, 1.54) is 0 Å². The van der Waals surface area contributed by atoms with Crippen LogP contribution in [-0.4, -0.2) is 9.13 Å². The highest BCUT2D eigenvalue weighted by Crippen LogP contribution is 2.43. The maximum Gasteiger partial charge on any atom is 0.0998 e. The largest absolute Gasteiger partial charge is 0.309 e. The molecule has 0 unspecified atom stereocenters. The molecule has 0 amide bonds. The Kier molecular flexibility index (Phi) is 12.1. The highest BCUT2D eigenvalue weighted by molar-refractivity contribution is 6.13. The minimum absolute atomic E-state index is 0.306. The summed E-state index contributed by atoms with van der Waals surface area (Å²) in [5.41, 5.74) is 14.1. The zero-order chi connectivity index (χ0) is 56.8. The molecule has 12 rings (SSSR count). The number of hydrogen-bond acceptors (Lipinski definition) is 10. The van der Waals surface area contributed by atoms with Gasteiger partial charge >= 0.3 is 0 Å². The number of fused-ring (bicyclic) bond motifs is 6. The zero-order valence-corrected chi connectivity index (χ0v) is 42.7. The van der Waals surface area contributed by atoms with Gasteiger partial charge in [-0.25, -0.2) is 0 Å². The fraction of sp³-hybridized carbons (Fsp3) is 0. The molecule has 0 aliphatic carbocycles. The molecule has 0 spiro atoms. The lowest BCUT2D eigenvalue weighted by Gasteiger charge is -2.15. The van der Waals surface area contributed by atoms with Crippen molar-refractivity contribution >= 4 is 43.6 Å². The normalized spacial score (nSPS) is 10.6. The summed E-state index contributed by atoms with van der Waals surface area (Å²) in [5, 5.41) is 104. The second kappa shape index (κ2) is 20.0. The third-order valence-corrected chi connectivity index (χ3v) is 14.9. The molecule has 0 aliphatic rings. The van der Waals surface area contributed by atoms with Crippen LogP contribution in [0.2, 0.25) is 0 Å². The maximum atomic E-state index is 10.8. The van der Waals surface area contributed by atoms with Crippen molar-refractivity contribution in [1.82, 2.24) is 9.13 Å². The lowest BCUT2D eigenvalue weighted by atomic mass is 9.94. The molecule has 0 aliphatic heterocycles. The van der Waals surface area contributed by atoms with Gasteiger partial charge in [-0.2, -0.15) is 52.6 Å². The molecule has 12 nitrogen and oxygen atoms in total. The number of aromatic nitrogens is 2. The summed E-state index contributed by atoms with van der Waals surface area (Å²) in [4.78, 5) is 0. The maximum absolute atomic E-state index is 10.8. The summed E-state index contributed by atoms with van der Waals surface area (Å²) < 4.78 is 4.12. The molecule has 2 heterocycles. The smallest absolute Gasteiger partial charge is 0.0998 e. The topological polar surface area (TPSA) is 248 Å². The fourth-order valence-electron chi connectivity index (χ4n) is 11.1. The first kappa shape index (κ1) is 49.6. The molecule has 0 saturated carbocycles. The molecular weight excluding hydrogens is 1010 g/mol. The molecule has 0 N–H and O–H groups in total. The predicted octanol–water partition coefficient (Wildman–Crippen LogP) is 14.9. The van der Waals surface area contributed by atoms with Gasteiger partial charge in [0.1, 0.15) is 0 Å². The van der Waals surface area contributed by atoms with Crippen LogP contribution in [0.3, 0.4) is 0 Å². The van der Waals surface area contributed by atoms with E-state index in [-0.39, 0.29) is 0 Å². The number of benzene rings is 10. The van der Waals surface area contributed by atoms with Gasteiger partial charge in [-0.3, -0.25) is 0 Å². The first-order valence-corrected chi connectivity index (χ1v) is 25.2. The van der Waals surface area contributed by atoms with Crippen LogP contribution >= 0.6 is 0 Å². The van der Waals surface area contributed by atoms with Crippen LogP contribution < -0.4 is 0 Å². The molecule has 0 saturated heterocycles. The Morgan fingerprint density at radius 1 is 0.207 bits per heavy atom. The monoisotopic (exact) mass is 1040 g/mol. The molecule has 82 heavy (non-hydrogen) atoms. The molecule has 0 radical (unpaired) electrons. The van der Waals surface area contributed by atoms with Crippen molar-refractivity contribution in [1.29, 1.82) is 52.6 Å². The molecule has 370 valence electrons. The van der Waals surface area contributed by atoms with Crippen molar-refractivity contribution in [2.75, 3.05) is 0 Å². The van der Waals surface area contributed by atoms with E-state index in [1.54, 1.807) is 84.9 Å². The van der Waals surface area contributed by atoms with E-state index in [0.717, 1.165) is 65.9 Å². The minimum Gasteiger partial charge on any atom is -0.309 e. The van der Waals surface area contributed by atoms with Crippen molar-refractivity contribution < 1.29 is 0 Å². The number of nitrogens with zero attached hydrogens (tertiary/aromatic N) is 12. The van der Waals surface area contributed by atoms with E-state index in [2.05, 4.69) is 69.8 Å². The average Bonchev–Trinajstić information content (AvgIpc) is 4.22. The third-order valence-electron chi connectivity index (χ3n) is 14.9. The summed E-state index contributed by atoms with van der Waals surface area (Å²) in [5.74, 6) is 0. The van der Waals surface area contributed by atoms with Crippen LogP contribution in [0.4, 0.5) is 0 Å². The number of nitriles is 10. The van der Waals surface area contributed by atoms with Crippen molar-refractivity contribution in [3.63, 3.8) is 0 Å². The standard InChI is InChI=1S/C70H30N12/c71-31-41-1-13-57(51(21-41)37-77)45-7-17-67-63(25-45)64-26-46(58-14-2-42(32-72)22-52(58)38-78)8-18-68(64)81(67)55-11-5-49(35-75)61(29-55)62-30-56(12-6-50(62)36-76)82-69-19-9-47(59-15-3-43(33-73)23-53(59)39-79)27-65(69)66-28-48(10-20-70(66)82)60-16-4-44(34-74)24-54(60)40-80/h1-30H. The Labute approximate surface area is 468 Å². The third kappa shape index (κ3) is 8.09. The van der Waals surface area contributed by atoms with Crippen LogP contribution in [0.15, 0.2) is 182 Å². The predicted molar refractivity (Wildman–Crippen MR) is 309 cm³/mol. The zero-order valence-electron chi connectivity index (χ0n) is 42.7. The fourth-order valence-corrected chi connectivity index (χ4v) is 11.1. The molecule has 0 fully saturated rings. The Hall–Kier alpha value is -13.3. The van der Waals surface area contributed by atoms with Gasteiger partial charge in [0.15, 0.2) is 0 Å². The summed E-state index contributed by atoms with van der Waals surface area (Å²) in [6.07, 6.45) is 0. The lowest BCUT2D eigenvalue weighted by molar-refractivity contribution is 1.17. The average molecular weight is 1040 g/mol. The van der Waals surface area contributed by atoms with Gasteiger partial charge in [0.05, 0.1) is 138 Å². The summed E-state index contributed by atoms with van der Waals surface area (Å²) in [6.45, 7) is 0. The van der Waals surface area contributed by atoms with E-state index in [0.29, 0.717) is 100 Å². The van der Waals surface area contributed by atoms with Crippen LogP contribution in [-0.2, 0) is 0 Å². The molecule has 0 atom stereocenters. The molecule has 10 aromatic carbocycles. The van der Waals surface area contributed by atoms with Crippen LogP contribution in [0.1, 0.15) is 55.6 Å². The Bertz CT molecular complexity index is 4710. The molecule has 12 aromatic rings. The van der Waals surface area contributed by atoms with E-state index >= 15 is 0 Å². The second-order valence-electron chi connectivity index (χ2n) is 19.2. The van der Waals surface area contributed by atoms with Gasteiger partial charge in [0, 0.05) is 44.0 Å². The van der Waals surface area contributed by atoms with Crippen LogP contribution in [0.25, 0.3) is 111 Å². The molecular formula is C70H30N12. The summed E-state index contributed by atoms with van der Waals surface area (Å²) >= 11 is 0. The van der Waals surface area contributed by atoms with Crippen molar-refractivity contribution in [2.24, 2.45) is 0 Å². The van der Waals surface area contributed by atoms with Crippen LogP contribution in [0.5, 0.6) is 0 Å². The SMILES string of the molecule is N#Cc1ccc(-c2ccc3c(c2)c2cc(-c4ccc(C#N)cc4C#N)ccc2n3-c2ccc(C#N)c(-c3cc(-n4c5ccc(-c6ccc(C#N)cc6C#N)cc5c5cc(-c6ccc(C#N)cc6C#N)ccc54)ccc3C#N)c2)c(C#N)c1. The molecule has 0 bridgehead atoms. The van der Waals surface area contributed by atoms with E-state index in [1.807, 2.05) is 97.1 Å². The highest BCUT2D eigenvalue weighted by Gasteiger charge is 2.22. The molecule has 2 aromatic heterocycles. The van der Waals surface area contributed by atoms with Gasteiger partial charge in [0.25, 0.3) is 0 Å². The van der Waals surface area contributed by atoms with E-state index in [4.69, 9.17) is 0 Å². The Morgan fingerprint density at radius 3 is 0.695 bits per heavy atom. The van der Waals surface area contributed by atoms with Crippen molar-refractivity contribution in [2.45, 2.75) is 0 Å². The van der Waals surface area contributed by atoms with Gasteiger partial charge in [-0.05, 0) is 178 Å². The van der Waals surface area contributed by atoms with Gasteiger partial charge < -0.3 is 9.13 Å². The lowest BCUT2D eigenvalue weighted by Crippen LogP contribution is -1.99. The minimum atomic E-state index is 0.306. The summed E-state index contributed by atoms with van der Waals surface area (Å²) in [6, 6.07) is 76.4. The van der Waals surface area contributed by atoms with Crippen molar-refractivity contribution in [3.8, 4) is 128 Å². The summed E-state index contributed by atoms with van der Waals surface area (Å²) in [7, 11) is 0.